The summed E-state index contributed by atoms with van der Waals surface area (Å²) in [6.07, 6.45) is 1.83. The SMILES string of the molecule is CCCC(C)N(C)C(=O)Nc1ccc(F)c(C(=O)O)c1. The average Bonchev–Trinajstić information content (AvgIpc) is 2.39. The number of urea groups is 1. The van der Waals surface area contributed by atoms with Crippen molar-refractivity contribution in [3.63, 3.8) is 0 Å². The summed E-state index contributed by atoms with van der Waals surface area (Å²) in [5.74, 6) is -2.20. The number of anilines is 1. The maximum absolute atomic E-state index is 13.2. The molecule has 0 aliphatic rings. The van der Waals surface area contributed by atoms with E-state index in [1.54, 1.807) is 7.05 Å². The number of carboxylic acid groups (broad SMARTS) is 1. The Balaban J connectivity index is 2.80. The van der Waals surface area contributed by atoms with Crippen LogP contribution in [0.3, 0.4) is 0 Å². The molecule has 0 aliphatic heterocycles. The van der Waals surface area contributed by atoms with Crippen LogP contribution >= 0.6 is 0 Å². The van der Waals surface area contributed by atoms with Gasteiger partial charge in [-0.1, -0.05) is 13.3 Å². The summed E-state index contributed by atoms with van der Waals surface area (Å²) in [4.78, 5) is 24.3. The molecule has 0 aromatic heterocycles. The van der Waals surface area contributed by atoms with Gasteiger partial charge >= 0.3 is 12.0 Å². The quantitative estimate of drug-likeness (QED) is 0.871. The molecule has 20 heavy (non-hydrogen) atoms. The van der Waals surface area contributed by atoms with Gasteiger partial charge in [0.15, 0.2) is 0 Å². The summed E-state index contributed by atoms with van der Waals surface area (Å²) in [7, 11) is 1.66. The van der Waals surface area contributed by atoms with Crippen molar-refractivity contribution in [1.29, 1.82) is 0 Å². The minimum Gasteiger partial charge on any atom is -0.478 e. The molecular formula is C14H19FN2O3. The van der Waals surface area contributed by atoms with Crippen LogP contribution in [-0.4, -0.2) is 35.1 Å². The molecule has 2 N–H and O–H groups in total. The zero-order valence-corrected chi connectivity index (χ0v) is 11.8. The fourth-order valence-corrected chi connectivity index (χ4v) is 1.79. The van der Waals surface area contributed by atoms with Crippen LogP contribution in [0.2, 0.25) is 0 Å². The molecule has 1 rings (SSSR count). The smallest absolute Gasteiger partial charge is 0.338 e. The lowest BCUT2D eigenvalue weighted by Gasteiger charge is -2.25. The fraction of sp³-hybridized carbons (Fsp3) is 0.429. The highest BCUT2D eigenvalue weighted by atomic mass is 19.1. The third kappa shape index (κ3) is 3.94. The molecule has 1 aromatic carbocycles. The Labute approximate surface area is 117 Å². The van der Waals surface area contributed by atoms with Crippen molar-refractivity contribution in [2.75, 3.05) is 12.4 Å². The van der Waals surface area contributed by atoms with Crippen molar-refractivity contribution in [3.8, 4) is 0 Å². The summed E-state index contributed by atoms with van der Waals surface area (Å²) in [5.41, 5.74) is -0.212. The van der Waals surface area contributed by atoms with Gasteiger partial charge in [-0.2, -0.15) is 0 Å². The van der Waals surface area contributed by atoms with E-state index in [4.69, 9.17) is 5.11 Å². The predicted molar refractivity (Wildman–Crippen MR) is 74.5 cm³/mol. The number of carboxylic acids is 1. The molecule has 2 amide bonds. The Morgan fingerprint density at radius 2 is 2.10 bits per heavy atom. The first-order chi connectivity index (χ1) is 9.36. The lowest BCUT2D eigenvalue weighted by molar-refractivity contribution is 0.0692. The highest BCUT2D eigenvalue weighted by Gasteiger charge is 2.16. The van der Waals surface area contributed by atoms with Crippen molar-refractivity contribution in [1.82, 2.24) is 4.90 Å². The number of hydrogen-bond acceptors (Lipinski definition) is 2. The van der Waals surface area contributed by atoms with Gasteiger partial charge in [-0.25, -0.2) is 14.0 Å². The van der Waals surface area contributed by atoms with Crippen LogP contribution in [0.1, 0.15) is 37.0 Å². The zero-order valence-electron chi connectivity index (χ0n) is 11.8. The van der Waals surface area contributed by atoms with Gasteiger partial charge in [-0.15, -0.1) is 0 Å². The molecule has 1 aromatic rings. The molecule has 0 heterocycles. The lowest BCUT2D eigenvalue weighted by atomic mass is 10.2. The van der Waals surface area contributed by atoms with Crippen LogP contribution in [0.25, 0.3) is 0 Å². The van der Waals surface area contributed by atoms with Gasteiger partial charge in [-0.3, -0.25) is 0 Å². The number of carbonyl (C=O) groups excluding carboxylic acids is 1. The van der Waals surface area contributed by atoms with Crippen molar-refractivity contribution in [3.05, 3.63) is 29.6 Å². The third-order valence-electron chi connectivity index (χ3n) is 3.14. The number of benzene rings is 1. The van der Waals surface area contributed by atoms with Crippen LogP contribution in [0, 0.1) is 5.82 Å². The van der Waals surface area contributed by atoms with E-state index < -0.39 is 17.3 Å². The number of halogens is 1. The Bertz CT molecular complexity index is 505. The maximum atomic E-state index is 13.2. The van der Waals surface area contributed by atoms with E-state index in [9.17, 15) is 14.0 Å². The summed E-state index contributed by atoms with van der Waals surface area (Å²) in [6.45, 7) is 3.96. The number of nitrogens with zero attached hydrogens (tertiary/aromatic N) is 1. The molecule has 110 valence electrons. The van der Waals surface area contributed by atoms with E-state index in [-0.39, 0.29) is 17.8 Å². The second kappa shape index (κ2) is 6.88. The largest absolute Gasteiger partial charge is 0.478 e. The Morgan fingerprint density at radius 3 is 2.65 bits per heavy atom. The van der Waals surface area contributed by atoms with Gasteiger partial charge < -0.3 is 15.3 Å². The summed E-state index contributed by atoms with van der Waals surface area (Å²) >= 11 is 0. The average molecular weight is 282 g/mol. The summed E-state index contributed by atoms with van der Waals surface area (Å²) < 4.78 is 13.2. The minimum absolute atomic E-state index is 0.0689. The normalized spacial score (nSPS) is 11.8. The van der Waals surface area contributed by atoms with Gasteiger partial charge in [0, 0.05) is 18.8 Å². The number of carbonyl (C=O) groups is 2. The predicted octanol–water partition coefficient (Wildman–Crippen LogP) is 3.18. The highest BCUT2D eigenvalue weighted by Crippen LogP contribution is 2.16. The number of nitrogens with one attached hydrogen (secondary N) is 1. The molecule has 0 spiro atoms. The number of amides is 2. The Hall–Kier alpha value is -2.11. The van der Waals surface area contributed by atoms with Crippen molar-refractivity contribution in [2.24, 2.45) is 0 Å². The monoisotopic (exact) mass is 282 g/mol. The van der Waals surface area contributed by atoms with E-state index in [2.05, 4.69) is 5.32 Å². The third-order valence-corrected chi connectivity index (χ3v) is 3.14. The van der Waals surface area contributed by atoms with Gasteiger partial charge in [0.25, 0.3) is 0 Å². The molecule has 0 aliphatic carbocycles. The molecule has 1 unspecified atom stereocenters. The van der Waals surface area contributed by atoms with Gasteiger partial charge in [0.05, 0.1) is 5.56 Å². The molecule has 0 saturated carbocycles. The van der Waals surface area contributed by atoms with Crippen LogP contribution in [0.15, 0.2) is 18.2 Å². The Kier molecular flexibility index (Phi) is 5.49. The van der Waals surface area contributed by atoms with Crippen molar-refractivity contribution >= 4 is 17.7 Å². The van der Waals surface area contributed by atoms with Crippen molar-refractivity contribution < 1.29 is 19.1 Å². The topological polar surface area (TPSA) is 69.6 Å². The number of hydrogen-bond donors (Lipinski definition) is 2. The highest BCUT2D eigenvalue weighted by molar-refractivity contribution is 5.93. The van der Waals surface area contributed by atoms with Crippen molar-refractivity contribution in [2.45, 2.75) is 32.7 Å². The van der Waals surface area contributed by atoms with Crippen LogP contribution in [-0.2, 0) is 0 Å². The van der Waals surface area contributed by atoms with E-state index in [1.807, 2.05) is 13.8 Å². The second-order valence-electron chi connectivity index (χ2n) is 4.68. The van der Waals surface area contributed by atoms with E-state index in [0.717, 1.165) is 25.0 Å². The summed E-state index contributed by atoms with van der Waals surface area (Å²) in [5, 5.41) is 11.4. The van der Waals surface area contributed by atoms with E-state index in [1.165, 1.54) is 11.0 Å². The second-order valence-corrected chi connectivity index (χ2v) is 4.68. The summed E-state index contributed by atoms with van der Waals surface area (Å²) in [6, 6.07) is 3.17. The van der Waals surface area contributed by atoms with Crippen LogP contribution in [0.4, 0.5) is 14.9 Å². The van der Waals surface area contributed by atoms with Crippen LogP contribution < -0.4 is 5.32 Å². The van der Waals surface area contributed by atoms with Crippen LogP contribution in [0.5, 0.6) is 0 Å². The molecule has 0 bridgehead atoms. The first-order valence-corrected chi connectivity index (χ1v) is 6.43. The van der Waals surface area contributed by atoms with Gasteiger partial charge in [0.1, 0.15) is 5.82 Å². The first-order valence-electron chi connectivity index (χ1n) is 6.43. The fourth-order valence-electron chi connectivity index (χ4n) is 1.79. The molecule has 5 nitrogen and oxygen atoms in total. The van der Waals surface area contributed by atoms with E-state index >= 15 is 0 Å². The molecule has 0 saturated heterocycles. The molecule has 0 radical (unpaired) electrons. The Morgan fingerprint density at radius 1 is 1.45 bits per heavy atom. The van der Waals surface area contributed by atoms with Gasteiger partial charge in [-0.05, 0) is 31.5 Å². The zero-order chi connectivity index (χ0) is 15.3. The number of rotatable bonds is 5. The minimum atomic E-state index is -1.37. The number of aromatic carboxylic acids is 1. The molecular weight excluding hydrogens is 263 g/mol. The molecule has 0 fully saturated rings. The van der Waals surface area contributed by atoms with Gasteiger partial charge in [0.2, 0.25) is 0 Å². The maximum Gasteiger partial charge on any atom is 0.338 e. The molecule has 6 heteroatoms. The lowest BCUT2D eigenvalue weighted by Crippen LogP contribution is -2.38. The van der Waals surface area contributed by atoms with E-state index in [0.29, 0.717) is 0 Å². The first kappa shape index (κ1) is 15.9. The molecule has 1 atom stereocenters. The standard InChI is InChI=1S/C14H19FN2O3/c1-4-5-9(2)17(3)14(20)16-10-6-7-12(15)11(8-10)13(18)19/h6-9H,4-5H2,1-3H3,(H,16,20)(H,18,19).